The summed E-state index contributed by atoms with van der Waals surface area (Å²) in [7, 11) is 0. The second-order valence-corrected chi connectivity index (χ2v) is 3.56. The lowest BCUT2D eigenvalue weighted by atomic mass is 10.2. The lowest BCUT2D eigenvalue weighted by Gasteiger charge is -1.98. The summed E-state index contributed by atoms with van der Waals surface area (Å²) in [5.41, 5.74) is 6.90. The number of nitrogens with two attached hydrogens (primary N) is 1. The minimum atomic E-state index is -0.0677. The van der Waals surface area contributed by atoms with Crippen LogP contribution in [0.1, 0.15) is 38.8 Å². The molecule has 0 aliphatic rings. The van der Waals surface area contributed by atoms with Crippen molar-refractivity contribution in [3.63, 3.8) is 0 Å². The predicted molar refractivity (Wildman–Crippen MR) is 58.4 cm³/mol. The van der Waals surface area contributed by atoms with Crippen molar-refractivity contribution in [2.75, 3.05) is 5.73 Å². The van der Waals surface area contributed by atoms with Crippen LogP contribution in [0.4, 0.5) is 5.69 Å². The Bertz CT molecular complexity index is 338. The van der Waals surface area contributed by atoms with Crippen LogP contribution in [0.2, 0.25) is 0 Å². The molecule has 0 bridgehead atoms. The van der Waals surface area contributed by atoms with Crippen molar-refractivity contribution < 1.29 is 0 Å². The molecule has 1 heterocycles. The topological polar surface area (TPSA) is 63.8 Å². The minimum Gasteiger partial charge on any atom is -0.393 e. The molecule has 0 unspecified atom stereocenters. The smallest absolute Gasteiger partial charge is 0.289 e. The number of aromatic amines is 1. The van der Waals surface area contributed by atoms with Crippen LogP contribution in [0.15, 0.2) is 4.79 Å². The summed E-state index contributed by atoms with van der Waals surface area (Å²) in [5.74, 6) is 0. The third-order valence-corrected chi connectivity index (χ3v) is 2.31. The molecule has 0 spiro atoms. The molecule has 0 aromatic carbocycles. The summed E-state index contributed by atoms with van der Waals surface area (Å²) < 4.78 is 1.61. The van der Waals surface area contributed by atoms with Crippen molar-refractivity contribution in [3.8, 4) is 0 Å². The van der Waals surface area contributed by atoms with E-state index in [9.17, 15) is 4.79 Å². The van der Waals surface area contributed by atoms with E-state index in [-0.39, 0.29) is 5.56 Å². The number of unbranched alkanes of at least 4 members (excludes halogenated alkanes) is 1. The van der Waals surface area contributed by atoms with Gasteiger partial charge < -0.3 is 5.73 Å². The lowest BCUT2D eigenvalue weighted by molar-refractivity contribution is 0.551. The first kappa shape index (κ1) is 10.9. The van der Waals surface area contributed by atoms with Gasteiger partial charge in [0.2, 0.25) is 0 Å². The van der Waals surface area contributed by atoms with Crippen LogP contribution in [0.5, 0.6) is 0 Å². The number of rotatable bonds is 5. The molecule has 0 saturated heterocycles. The Hall–Kier alpha value is -1.19. The van der Waals surface area contributed by atoms with Gasteiger partial charge in [0.25, 0.3) is 5.56 Å². The Balaban J connectivity index is 2.85. The summed E-state index contributed by atoms with van der Waals surface area (Å²) in [4.78, 5) is 11.6. The molecule has 1 rings (SSSR count). The van der Waals surface area contributed by atoms with E-state index in [4.69, 9.17) is 5.73 Å². The first-order valence-corrected chi connectivity index (χ1v) is 5.27. The van der Waals surface area contributed by atoms with Crippen molar-refractivity contribution >= 4 is 5.69 Å². The maximum absolute atomic E-state index is 11.6. The molecule has 0 atom stereocenters. The fraction of sp³-hybridized carbons (Fsp3) is 0.700. The van der Waals surface area contributed by atoms with Crippen LogP contribution in [0.3, 0.4) is 0 Å². The number of hydrogen-bond acceptors (Lipinski definition) is 2. The van der Waals surface area contributed by atoms with Gasteiger partial charge in [-0.1, -0.05) is 26.7 Å². The highest BCUT2D eigenvalue weighted by molar-refractivity contribution is 5.40. The van der Waals surface area contributed by atoms with E-state index in [1.165, 1.54) is 0 Å². The summed E-state index contributed by atoms with van der Waals surface area (Å²) in [6, 6.07) is 0. The zero-order valence-electron chi connectivity index (χ0n) is 8.97. The maximum atomic E-state index is 11.6. The lowest BCUT2D eigenvalue weighted by Crippen LogP contribution is -2.18. The molecule has 0 aliphatic carbocycles. The summed E-state index contributed by atoms with van der Waals surface area (Å²) in [6.45, 7) is 4.91. The van der Waals surface area contributed by atoms with Crippen molar-refractivity contribution in [2.45, 2.75) is 46.1 Å². The average molecular weight is 197 g/mol. The van der Waals surface area contributed by atoms with Crippen LogP contribution in [0, 0.1) is 0 Å². The number of anilines is 1. The number of hydrogen-bond donors (Lipinski definition) is 2. The Kier molecular flexibility index (Phi) is 3.80. The summed E-state index contributed by atoms with van der Waals surface area (Å²) in [5, 5.41) is 3.06. The second-order valence-electron chi connectivity index (χ2n) is 3.56. The van der Waals surface area contributed by atoms with Gasteiger partial charge in [0.15, 0.2) is 0 Å². The molecule has 3 N–H and O–H groups in total. The number of H-pyrrole nitrogens is 1. The highest BCUT2D eigenvalue weighted by Crippen LogP contribution is 2.06. The van der Waals surface area contributed by atoms with Gasteiger partial charge >= 0.3 is 0 Å². The predicted octanol–water partition coefficient (Wildman–Crippen LogP) is 1.51. The molecule has 0 aliphatic heterocycles. The fourth-order valence-corrected chi connectivity index (χ4v) is 1.46. The zero-order valence-corrected chi connectivity index (χ0v) is 8.97. The van der Waals surface area contributed by atoms with E-state index in [2.05, 4.69) is 18.9 Å². The third-order valence-electron chi connectivity index (χ3n) is 2.31. The van der Waals surface area contributed by atoms with Gasteiger partial charge in [-0.3, -0.25) is 14.6 Å². The molecule has 4 heteroatoms. The van der Waals surface area contributed by atoms with E-state index < -0.39 is 0 Å². The molecule has 14 heavy (non-hydrogen) atoms. The van der Waals surface area contributed by atoms with Crippen molar-refractivity contribution in [3.05, 3.63) is 16.0 Å². The average Bonchev–Trinajstić information content (AvgIpc) is 2.44. The van der Waals surface area contributed by atoms with E-state index in [0.29, 0.717) is 5.69 Å². The highest BCUT2D eigenvalue weighted by atomic mass is 16.1. The van der Waals surface area contributed by atoms with Crippen LogP contribution >= 0.6 is 0 Å². The number of nitrogen functional groups attached to an aromatic ring is 1. The van der Waals surface area contributed by atoms with E-state index in [1.54, 1.807) is 4.68 Å². The minimum absolute atomic E-state index is 0.0677. The summed E-state index contributed by atoms with van der Waals surface area (Å²) in [6.07, 6.45) is 3.93. The molecule has 0 radical (unpaired) electrons. The molecule has 0 fully saturated rings. The van der Waals surface area contributed by atoms with Crippen LogP contribution in [-0.2, 0) is 13.0 Å². The number of nitrogens with one attached hydrogen (secondary N) is 1. The van der Waals surface area contributed by atoms with Gasteiger partial charge in [-0.05, 0) is 12.8 Å². The van der Waals surface area contributed by atoms with Gasteiger partial charge in [-0.25, -0.2) is 0 Å². The Morgan fingerprint density at radius 3 is 2.64 bits per heavy atom. The van der Waals surface area contributed by atoms with Crippen LogP contribution in [-0.4, -0.2) is 9.78 Å². The normalized spacial score (nSPS) is 10.7. The van der Waals surface area contributed by atoms with Gasteiger partial charge in [-0.2, -0.15) is 0 Å². The molecule has 4 nitrogen and oxygen atoms in total. The van der Waals surface area contributed by atoms with E-state index in [1.807, 2.05) is 0 Å². The van der Waals surface area contributed by atoms with Gasteiger partial charge in [-0.15, -0.1) is 0 Å². The van der Waals surface area contributed by atoms with Crippen LogP contribution in [0.25, 0.3) is 0 Å². The molecule has 0 amide bonds. The Morgan fingerprint density at radius 2 is 2.07 bits per heavy atom. The van der Waals surface area contributed by atoms with Gasteiger partial charge in [0, 0.05) is 6.54 Å². The molecule has 1 aromatic rings. The first-order valence-electron chi connectivity index (χ1n) is 5.27. The van der Waals surface area contributed by atoms with Gasteiger partial charge in [0.05, 0.1) is 5.69 Å². The largest absolute Gasteiger partial charge is 0.393 e. The summed E-state index contributed by atoms with van der Waals surface area (Å²) >= 11 is 0. The highest BCUT2D eigenvalue weighted by Gasteiger charge is 2.08. The Morgan fingerprint density at radius 1 is 1.36 bits per heavy atom. The van der Waals surface area contributed by atoms with E-state index >= 15 is 0 Å². The molecule has 80 valence electrons. The van der Waals surface area contributed by atoms with Crippen molar-refractivity contribution in [2.24, 2.45) is 0 Å². The Labute approximate surface area is 84.1 Å². The van der Waals surface area contributed by atoms with Crippen LogP contribution < -0.4 is 11.3 Å². The van der Waals surface area contributed by atoms with Crippen molar-refractivity contribution in [1.82, 2.24) is 9.78 Å². The monoisotopic (exact) mass is 197 g/mol. The first-order chi connectivity index (χ1) is 6.70. The molecule has 1 aromatic heterocycles. The van der Waals surface area contributed by atoms with E-state index in [0.717, 1.165) is 37.9 Å². The fourth-order valence-electron chi connectivity index (χ4n) is 1.46. The quantitative estimate of drug-likeness (QED) is 0.751. The molecule has 0 saturated carbocycles. The standard InChI is InChI=1S/C10H19N3O/c1-3-5-7-13-10(14)9(11)8(12-13)6-4-2/h12H,3-7,11H2,1-2H3. The SMILES string of the molecule is CCCCn1[nH]c(CCC)c(N)c1=O. The number of nitrogens with zero attached hydrogens (tertiary/aromatic N) is 1. The maximum Gasteiger partial charge on any atom is 0.289 e. The molecular weight excluding hydrogens is 178 g/mol. The van der Waals surface area contributed by atoms with Gasteiger partial charge in [0.1, 0.15) is 5.69 Å². The third kappa shape index (κ3) is 2.19. The number of aromatic nitrogens is 2. The molecular formula is C10H19N3O. The van der Waals surface area contributed by atoms with Crippen molar-refractivity contribution in [1.29, 1.82) is 0 Å². The zero-order chi connectivity index (χ0) is 10.6. The number of aryl methyl sites for hydroxylation is 2. The second kappa shape index (κ2) is 4.88.